The van der Waals surface area contributed by atoms with Crippen LogP contribution in [0.1, 0.15) is 25.1 Å². The van der Waals surface area contributed by atoms with Gasteiger partial charge in [-0.1, -0.05) is 29.8 Å². The summed E-state index contributed by atoms with van der Waals surface area (Å²) in [4.78, 5) is 21.1. The van der Waals surface area contributed by atoms with Crippen LogP contribution in [0.25, 0.3) is 0 Å². The normalized spacial score (nSPS) is 10.8. The molecule has 106 valence electrons. The summed E-state index contributed by atoms with van der Waals surface area (Å²) >= 11 is 6.17. The van der Waals surface area contributed by atoms with Crippen LogP contribution in [0.5, 0.6) is 0 Å². The Hall–Kier alpha value is -1.81. The highest BCUT2D eigenvalue weighted by Crippen LogP contribution is 2.18. The molecule has 0 saturated carbocycles. The number of amides is 1. The molecule has 4 nitrogen and oxygen atoms in total. The van der Waals surface area contributed by atoms with Crippen LogP contribution in [0, 0.1) is 0 Å². The van der Waals surface area contributed by atoms with Crippen molar-refractivity contribution in [3.63, 3.8) is 0 Å². The molecule has 0 aliphatic rings. The van der Waals surface area contributed by atoms with Gasteiger partial charge < -0.3 is 9.88 Å². The first kappa shape index (κ1) is 14.6. The summed E-state index contributed by atoms with van der Waals surface area (Å²) in [5, 5.41) is 0.687. The second-order valence-electron chi connectivity index (χ2n) is 4.96. The van der Waals surface area contributed by atoms with Crippen molar-refractivity contribution < 1.29 is 4.79 Å². The Balaban J connectivity index is 2.11. The number of carbonyl (C=O) groups excluding carboxylic acids is 1. The van der Waals surface area contributed by atoms with E-state index in [4.69, 9.17) is 11.6 Å². The van der Waals surface area contributed by atoms with Gasteiger partial charge in [-0.3, -0.25) is 4.79 Å². The topological polar surface area (TPSA) is 49.0 Å². The molecule has 1 N–H and O–H groups in total. The van der Waals surface area contributed by atoms with E-state index in [1.807, 2.05) is 43.0 Å². The largest absolute Gasteiger partial charge is 0.348 e. The molecule has 0 radical (unpaired) electrons. The standard InChI is InChI=1S/C15H18ClN3O/c1-11(2)19(9-12-5-3-4-6-14(12)16)15(20)7-13-8-17-10-18-13/h3-6,8,10-11H,7,9H2,1-2H3,(H,17,18). The fraction of sp³-hybridized carbons (Fsp3) is 0.333. The van der Waals surface area contributed by atoms with Crippen LogP contribution in [0.3, 0.4) is 0 Å². The molecule has 5 heteroatoms. The van der Waals surface area contributed by atoms with E-state index in [-0.39, 0.29) is 11.9 Å². The van der Waals surface area contributed by atoms with Crippen molar-refractivity contribution in [2.24, 2.45) is 0 Å². The number of nitrogens with zero attached hydrogens (tertiary/aromatic N) is 2. The Morgan fingerprint density at radius 1 is 1.40 bits per heavy atom. The van der Waals surface area contributed by atoms with Crippen LogP contribution >= 0.6 is 11.6 Å². The van der Waals surface area contributed by atoms with Crippen molar-refractivity contribution in [3.05, 3.63) is 53.1 Å². The number of hydrogen-bond acceptors (Lipinski definition) is 2. The highest BCUT2D eigenvalue weighted by Gasteiger charge is 2.19. The van der Waals surface area contributed by atoms with Gasteiger partial charge in [0.15, 0.2) is 0 Å². The van der Waals surface area contributed by atoms with Gasteiger partial charge in [0.05, 0.1) is 12.7 Å². The fourth-order valence-corrected chi connectivity index (χ4v) is 2.21. The van der Waals surface area contributed by atoms with Crippen molar-refractivity contribution >= 4 is 17.5 Å². The van der Waals surface area contributed by atoms with Crippen LogP contribution in [0.4, 0.5) is 0 Å². The summed E-state index contributed by atoms with van der Waals surface area (Å²) in [6.07, 6.45) is 3.57. The summed E-state index contributed by atoms with van der Waals surface area (Å²) in [7, 11) is 0. The molecule has 0 atom stereocenters. The van der Waals surface area contributed by atoms with Crippen LogP contribution < -0.4 is 0 Å². The molecule has 1 heterocycles. The van der Waals surface area contributed by atoms with Crippen molar-refractivity contribution in [1.29, 1.82) is 0 Å². The van der Waals surface area contributed by atoms with Gasteiger partial charge in [-0.25, -0.2) is 4.98 Å². The Morgan fingerprint density at radius 3 is 2.75 bits per heavy atom. The number of carbonyl (C=O) groups is 1. The zero-order chi connectivity index (χ0) is 14.5. The lowest BCUT2D eigenvalue weighted by atomic mass is 10.1. The molecule has 2 aromatic rings. The molecule has 20 heavy (non-hydrogen) atoms. The smallest absolute Gasteiger partial charge is 0.229 e. The minimum Gasteiger partial charge on any atom is -0.348 e. The monoisotopic (exact) mass is 291 g/mol. The summed E-state index contributed by atoms with van der Waals surface area (Å²) in [6.45, 7) is 4.52. The molecule has 0 aliphatic carbocycles. The van der Waals surface area contributed by atoms with Crippen molar-refractivity contribution in [1.82, 2.24) is 14.9 Å². The molecule has 0 aliphatic heterocycles. The molecule has 0 saturated heterocycles. The van der Waals surface area contributed by atoms with E-state index in [9.17, 15) is 4.79 Å². The fourth-order valence-electron chi connectivity index (χ4n) is 2.01. The number of benzene rings is 1. The zero-order valence-electron chi connectivity index (χ0n) is 11.6. The molecule has 0 unspecified atom stereocenters. The summed E-state index contributed by atoms with van der Waals surface area (Å²) in [5.41, 5.74) is 1.78. The highest BCUT2D eigenvalue weighted by molar-refractivity contribution is 6.31. The molecule has 1 amide bonds. The van der Waals surface area contributed by atoms with Crippen molar-refractivity contribution in [2.45, 2.75) is 32.9 Å². The number of aromatic nitrogens is 2. The number of rotatable bonds is 5. The number of imidazole rings is 1. The first-order chi connectivity index (χ1) is 9.58. The quantitative estimate of drug-likeness (QED) is 0.920. The maximum atomic E-state index is 12.4. The first-order valence-corrected chi connectivity index (χ1v) is 6.96. The third kappa shape index (κ3) is 3.61. The molecular weight excluding hydrogens is 274 g/mol. The van der Waals surface area contributed by atoms with E-state index < -0.39 is 0 Å². The predicted octanol–water partition coefficient (Wildman–Crippen LogP) is 3.04. The number of aromatic amines is 1. The second kappa shape index (κ2) is 6.57. The Labute approximate surface area is 123 Å². The van der Waals surface area contributed by atoms with E-state index in [1.165, 1.54) is 0 Å². The lowest BCUT2D eigenvalue weighted by Crippen LogP contribution is -2.37. The molecule has 1 aromatic carbocycles. The lowest BCUT2D eigenvalue weighted by Gasteiger charge is -2.27. The van der Waals surface area contributed by atoms with Gasteiger partial charge in [0, 0.05) is 29.5 Å². The maximum absolute atomic E-state index is 12.4. The summed E-state index contributed by atoms with van der Waals surface area (Å²) in [6, 6.07) is 7.72. The molecule has 2 rings (SSSR count). The Kier molecular flexibility index (Phi) is 4.79. The SMILES string of the molecule is CC(C)N(Cc1ccccc1Cl)C(=O)Cc1cnc[nH]1. The van der Waals surface area contributed by atoms with Crippen LogP contribution in [-0.2, 0) is 17.8 Å². The number of H-pyrrole nitrogens is 1. The van der Waals surface area contributed by atoms with Gasteiger partial charge in [0.1, 0.15) is 0 Å². The van der Waals surface area contributed by atoms with Crippen molar-refractivity contribution in [3.8, 4) is 0 Å². The van der Waals surface area contributed by atoms with E-state index in [1.54, 1.807) is 12.5 Å². The van der Waals surface area contributed by atoms with E-state index in [2.05, 4.69) is 9.97 Å². The third-order valence-corrected chi connectivity index (χ3v) is 3.51. The first-order valence-electron chi connectivity index (χ1n) is 6.58. The van der Waals surface area contributed by atoms with Crippen LogP contribution in [-0.4, -0.2) is 26.8 Å². The van der Waals surface area contributed by atoms with Gasteiger partial charge in [-0.05, 0) is 25.5 Å². The minimum absolute atomic E-state index is 0.0594. The average molecular weight is 292 g/mol. The Bertz CT molecular complexity index is 566. The van der Waals surface area contributed by atoms with Crippen LogP contribution in [0.2, 0.25) is 5.02 Å². The molecule has 0 fully saturated rings. The van der Waals surface area contributed by atoms with E-state index in [0.29, 0.717) is 18.0 Å². The third-order valence-electron chi connectivity index (χ3n) is 3.14. The van der Waals surface area contributed by atoms with Crippen LogP contribution in [0.15, 0.2) is 36.8 Å². The zero-order valence-corrected chi connectivity index (χ0v) is 12.4. The van der Waals surface area contributed by atoms with E-state index in [0.717, 1.165) is 11.3 Å². The van der Waals surface area contributed by atoms with Gasteiger partial charge >= 0.3 is 0 Å². The van der Waals surface area contributed by atoms with Crippen molar-refractivity contribution in [2.75, 3.05) is 0 Å². The highest BCUT2D eigenvalue weighted by atomic mass is 35.5. The van der Waals surface area contributed by atoms with Gasteiger partial charge in [0.2, 0.25) is 5.91 Å². The number of nitrogens with one attached hydrogen (secondary N) is 1. The molecule has 0 bridgehead atoms. The predicted molar refractivity (Wildman–Crippen MR) is 79.4 cm³/mol. The number of hydrogen-bond donors (Lipinski definition) is 1. The minimum atomic E-state index is 0.0594. The van der Waals surface area contributed by atoms with Gasteiger partial charge in [0.25, 0.3) is 0 Å². The number of halogens is 1. The molecule has 0 spiro atoms. The van der Waals surface area contributed by atoms with Gasteiger partial charge in [-0.2, -0.15) is 0 Å². The summed E-state index contributed by atoms with van der Waals surface area (Å²) < 4.78 is 0. The summed E-state index contributed by atoms with van der Waals surface area (Å²) in [5.74, 6) is 0.0594. The Morgan fingerprint density at radius 2 is 2.15 bits per heavy atom. The second-order valence-corrected chi connectivity index (χ2v) is 5.37. The molecular formula is C15H18ClN3O. The van der Waals surface area contributed by atoms with Gasteiger partial charge in [-0.15, -0.1) is 0 Å². The van der Waals surface area contributed by atoms with E-state index >= 15 is 0 Å². The average Bonchev–Trinajstić information content (AvgIpc) is 2.90. The lowest BCUT2D eigenvalue weighted by molar-refractivity contribution is -0.132. The molecule has 1 aromatic heterocycles. The maximum Gasteiger partial charge on any atom is 0.229 e.